The van der Waals surface area contributed by atoms with Gasteiger partial charge in [-0.3, -0.25) is 4.79 Å². The summed E-state index contributed by atoms with van der Waals surface area (Å²) in [7, 11) is 0. The minimum Gasteiger partial charge on any atom is -0.411 e. The topological polar surface area (TPSA) is 91.5 Å². The summed E-state index contributed by atoms with van der Waals surface area (Å²) in [4.78, 5) is 10.8. The van der Waals surface area contributed by atoms with Crippen molar-refractivity contribution in [3.63, 3.8) is 0 Å². The second-order valence-corrected chi connectivity index (χ2v) is 2.11. The van der Waals surface area contributed by atoms with E-state index in [0.717, 1.165) is 0 Å². The Hall–Kier alpha value is -1.59. The Balaban J connectivity index is 3.91. The molecule has 2 N–H and O–H groups in total. The maximum atomic E-state index is 10.8. The lowest BCUT2D eigenvalue weighted by Crippen LogP contribution is -2.12. The molecule has 0 aliphatic carbocycles. The van der Waals surface area contributed by atoms with Gasteiger partial charge in [0, 0.05) is 6.92 Å². The minimum absolute atomic E-state index is 0.136. The van der Waals surface area contributed by atoms with E-state index in [4.69, 9.17) is 10.4 Å². The molecule has 0 bridgehead atoms. The van der Waals surface area contributed by atoms with Gasteiger partial charge in [0.15, 0.2) is 0 Å². The molecule has 0 spiro atoms. The minimum atomic E-state index is -0.638. The highest BCUT2D eigenvalue weighted by Gasteiger charge is 2.06. The molecule has 0 aromatic heterocycles. The molecule has 0 saturated heterocycles. The highest BCUT2D eigenvalue weighted by atomic mass is 16.6. The van der Waals surface area contributed by atoms with Gasteiger partial charge in [-0.1, -0.05) is 10.3 Å². The van der Waals surface area contributed by atoms with E-state index in [2.05, 4.69) is 15.0 Å². The van der Waals surface area contributed by atoms with Gasteiger partial charge in [0.05, 0.1) is 12.1 Å². The van der Waals surface area contributed by atoms with Gasteiger partial charge >= 0.3 is 5.97 Å². The molecule has 0 aliphatic heterocycles. The van der Waals surface area contributed by atoms with Crippen molar-refractivity contribution in [2.45, 2.75) is 20.3 Å². The van der Waals surface area contributed by atoms with Gasteiger partial charge < -0.3 is 15.2 Å². The molecule has 0 amide bonds. The number of carbonyl (C=O) groups is 1. The molecule has 0 heterocycles. The number of ether oxygens (including phenoxy) is 1. The maximum Gasteiger partial charge on any atom is 0.318 e. The molecule has 0 radical (unpaired) electrons. The molecule has 68 valence electrons. The van der Waals surface area contributed by atoms with E-state index in [1.807, 2.05) is 0 Å². The molecule has 6 heteroatoms. The number of rotatable bonds is 2. The van der Waals surface area contributed by atoms with Crippen LogP contribution in [0.2, 0.25) is 0 Å². The standard InChI is InChI=1S/C6H10N2O4/c1-4(7-10)3-6(9)12-5(2)8-11/h10-11H,3H2,1-2H3. The SMILES string of the molecule is CC(CC(=O)OC(C)=NO)=NO. The van der Waals surface area contributed by atoms with Crippen LogP contribution in [0.4, 0.5) is 0 Å². The number of esters is 1. The second kappa shape index (κ2) is 5.11. The Labute approximate surface area is 69.1 Å². The Bertz CT molecular complexity index is 200. The van der Waals surface area contributed by atoms with Crippen LogP contribution in [0.5, 0.6) is 0 Å². The van der Waals surface area contributed by atoms with Gasteiger partial charge in [-0.15, -0.1) is 0 Å². The molecule has 6 nitrogen and oxygen atoms in total. The summed E-state index contributed by atoms with van der Waals surface area (Å²) >= 11 is 0. The van der Waals surface area contributed by atoms with Gasteiger partial charge in [0.25, 0.3) is 0 Å². The lowest BCUT2D eigenvalue weighted by molar-refractivity contribution is -0.134. The van der Waals surface area contributed by atoms with Gasteiger partial charge in [0.2, 0.25) is 5.90 Å². The third-order valence-electron chi connectivity index (χ3n) is 0.973. The van der Waals surface area contributed by atoms with Crippen molar-refractivity contribution >= 4 is 17.6 Å². The summed E-state index contributed by atoms with van der Waals surface area (Å²) in [6, 6.07) is 0. The molecular weight excluding hydrogens is 164 g/mol. The van der Waals surface area contributed by atoms with E-state index < -0.39 is 5.97 Å². The van der Waals surface area contributed by atoms with Crippen LogP contribution in [0, 0.1) is 0 Å². The van der Waals surface area contributed by atoms with Crippen molar-refractivity contribution in [1.82, 2.24) is 0 Å². The predicted octanol–water partition coefficient (Wildman–Crippen LogP) is 0.577. The first-order chi connectivity index (χ1) is 5.60. The number of hydrogen-bond acceptors (Lipinski definition) is 6. The monoisotopic (exact) mass is 174 g/mol. The van der Waals surface area contributed by atoms with Crippen molar-refractivity contribution in [2.24, 2.45) is 10.3 Å². The van der Waals surface area contributed by atoms with Crippen LogP contribution in [0.15, 0.2) is 10.3 Å². The zero-order chi connectivity index (χ0) is 9.56. The van der Waals surface area contributed by atoms with Crippen molar-refractivity contribution in [2.75, 3.05) is 0 Å². The Morgan fingerprint density at radius 3 is 2.33 bits per heavy atom. The van der Waals surface area contributed by atoms with Crippen molar-refractivity contribution in [3.05, 3.63) is 0 Å². The first kappa shape index (κ1) is 10.4. The normalized spacial score (nSPS) is 12.8. The first-order valence-corrected chi connectivity index (χ1v) is 3.17. The quantitative estimate of drug-likeness (QED) is 0.210. The second-order valence-electron chi connectivity index (χ2n) is 2.11. The highest BCUT2D eigenvalue weighted by molar-refractivity contribution is 6.00. The Kier molecular flexibility index (Phi) is 4.43. The maximum absolute atomic E-state index is 10.8. The van der Waals surface area contributed by atoms with Crippen LogP contribution in [-0.4, -0.2) is 28.0 Å². The van der Waals surface area contributed by atoms with Gasteiger partial charge in [0.1, 0.15) is 0 Å². The number of oxime groups is 2. The average molecular weight is 174 g/mol. The van der Waals surface area contributed by atoms with Gasteiger partial charge in [-0.25, -0.2) is 0 Å². The van der Waals surface area contributed by atoms with E-state index in [0.29, 0.717) is 0 Å². The van der Waals surface area contributed by atoms with E-state index in [1.165, 1.54) is 13.8 Å². The third-order valence-corrected chi connectivity index (χ3v) is 0.973. The van der Waals surface area contributed by atoms with Gasteiger partial charge in [-0.05, 0) is 6.92 Å². The summed E-state index contributed by atoms with van der Waals surface area (Å²) in [6.45, 7) is 2.79. The average Bonchev–Trinajstić information content (AvgIpc) is 2.03. The molecule has 0 unspecified atom stereocenters. The smallest absolute Gasteiger partial charge is 0.318 e. The molecule has 0 aromatic carbocycles. The molecule has 0 rings (SSSR count). The Morgan fingerprint density at radius 2 is 1.92 bits per heavy atom. The van der Waals surface area contributed by atoms with Crippen molar-refractivity contribution in [3.8, 4) is 0 Å². The van der Waals surface area contributed by atoms with Crippen LogP contribution in [0.3, 0.4) is 0 Å². The summed E-state index contributed by atoms with van der Waals surface area (Å²) in [5.41, 5.74) is 0.228. The van der Waals surface area contributed by atoms with Crippen LogP contribution in [0.25, 0.3) is 0 Å². The molecule has 0 atom stereocenters. The zero-order valence-electron chi connectivity index (χ0n) is 6.81. The lowest BCUT2D eigenvalue weighted by atomic mass is 10.3. The fourth-order valence-electron chi connectivity index (χ4n) is 0.465. The predicted molar refractivity (Wildman–Crippen MR) is 40.5 cm³/mol. The summed E-state index contributed by atoms with van der Waals surface area (Å²) in [5, 5.41) is 21.7. The third kappa shape index (κ3) is 4.26. The molecule has 0 aliphatic rings. The van der Waals surface area contributed by atoms with Gasteiger partial charge in [-0.2, -0.15) is 0 Å². The van der Waals surface area contributed by atoms with E-state index in [1.54, 1.807) is 0 Å². The number of carbonyl (C=O) groups excluding carboxylic acids is 1. The summed E-state index contributed by atoms with van der Waals surface area (Å²) in [5.74, 6) is -0.786. The zero-order valence-corrected chi connectivity index (χ0v) is 6.81. The number of hydrogen-bond donors (Lipinski definition) is 2. The first-order valence-electron chi connectivity index (χ1n) is 3.17. The largest absolute Gasteiger partial charge is 0.411 e. The summed E-state index contributed by atoms with van der Waals surface area (Å²) in [6.07, 6.45) is -0.136. The molecule has 12 heavy (non-hydrogen) atoms. The molecule has 0 saturated carbocycles. The molecule has 0 aromatic rings. The molecular formula is C6H10N2O4. The summed E-state index contributed by atoms with van der Waals surface area (Å²) < 4.78 is 4.44. The van der Waals surface area contributed by atoms with E-state index >= 15 is 0 Å². The Morgan fingerprint density at radius 1 is 1.33 bits per heavy atom. The number of nitrogens with zero attached hydrogens (tertiary/aromatic N) is 2. The van der Waals surface area contributed by atoms with Crippen LogP contribution in [-0.2, 0) is 9.53 Å². The van der Waals surface area contributed by atoms with Crippen LogP contribution < -0.4 is 0 Å². The van der Waals surface area contributed by atoms with E-state index in [9.17, 15) is 4.79 Å². The van der Waals surface area contributed by atoms with Crippen LogP contribution >= 0.6 is 0 Å². The molecule has 0 fully saturated rings. The van der Waals surface area contributed by atoms with E-state index in [-0.39, 0.29) is 18.0 Å². The van der Waals surface area contributed by atoms with Crippen molar-refractivity contribution in [1.29, 1.82) is 0 Å². The van der Waals surface area contributed by atoms with Crippen molar-refractivity contribution < 1.29 is 19.9 Å². The fourth-order valence-corrected chi connectivity index (χ4v) is 0.465. The highest BCUT2D eigenvalue weighted by Crippen LogP contribution is 1.91. The van der Waals surface area contributed by atoms with Crippen LogP contribution in [0.1, 0.15) is 20.3 Å². The fraction of sp³-hybridized carbons (Fsp3) is 0.500. The lowest BCUT2D eigenvalue weighted by Gasteiger charge is -1.99.